The first-order valence-corrected chi connectivity index (χ1v) is 20.6. The highest BCUT2D eigenvalue weighted by Crippen LogP contribution is 2.22. The Labute approximate surface area is 333 Å². The fraction of sp³-hybridized carbons (Fsp3) is 0.927. The molecule has 1 heterocycles. The lowest BCUT2D eigenvalue weighted by atomic mass is 10.1. The van der Waals surface area contributed by atoms with Crippen molar-refractivity contribution in [3.8, 4) is 0 Å². The summed E-state index contributed by atoms with van der Waals surface area (Å²) in [7, 11) is 3.42. The highest BCUT2D eigenvalue weighted by Gasteiger charge is 2.37. The van der Waals surface area contributed by atoms with Crippen LogP contribution in [0.15, 0.2) is 0 Å². The second-order valence-electron chi connectivity index (χ2n) is 14.9. The number of carbonyl (C=O) groups is 3. The van der Waals surface area contributed by atoms with E-state index in [-0.39, 0.29) is 72.5 Å². The number of likely N-dealkylation sites (tertiary alicyclic amines) is 1. The SMILES string of the molecule is CC.CCC1CC(=O)N(CCC(=O)NCCCOCC(COCCOCCC(C)OCCC(C)(C)OC)OCCOCCC(C)OCCC(C)(C)OC)C1=O. The van der Waals surface area contributed by atoms with Crippen molar-refractivity contribution in [1.29, 1.82) is 0 Å². The van der Waals surface area contributed by atoms with Gasteiger partial charge in [-0.15, -0.1) is 0 Å². The molecule has 1 aliphatic rings. The number of rotatable bonds is 35. The molecule has 1 rings (SSSR count). The van der Waals surface area contributed by atoms with E-state index in [0.29, 0.717) is 92.1 Å². The average Bonchev–Trinajstić information content (AvgIpc) is 3.44. The topological polar surface area (TPSA) is 150 Å². The van der Waals surface area contributed by atoms with Gasteiger partial charge in [0.15, 0.2) is 0 Å². The maximum absolute atomic E-state index is 12.3. The second kappa shape index (κ2) is 32.2. The van der Waals surface area contributed by atoms with Crippen LogP contribution in [0.1, 0.15) is 114 Å². The van der Waals surface area contributed by atoms with Crippen LogP contribution < -0.4 is 5.32 Å². The van der Waals surface area contributed by atoms with E-state index < -0.39 is 0 Å². The standard InChI is InChI=1S/C39H74N2O12.C2H6/c1-10-33-28-36(43)41(37(33)44)18-12-35(42)40-17-11-19-49-29-34(53-27-26-48-21-14-32(3)52-23-16-39(6,7)46-9)30-50-25-24-47-20-13-31(2)51-22-15-38(4,5)45-8;1-2/h31-34H,10-30H2,1-9H3,(H,40,42);1-2H3. The van der Waals surface area contributed by atoms with Gasteiger partial charge in [0.05, 0.1) is 63.1 Å². The Kier molecular flexibility index (Phi) is 31.2. The molecule has 1 saturated heterocycles. The van der Waals surface area contributed by atoms with Crippen LogP contribution in [0.4, 0.5) is 0 Å². The van der Waals surface area contributed by atoms with Crippen LogP contribution in [0.2, 0.25) is 0 Å². The van der Waals surface area contributed by atoms with E-state index in [4.69, 9.17) is 42.6 Å². The molecule has 1 N–H and O–H groups in total. The normalized spacial score (nSPS) is 16.6. The fourth-order valence-corrected chi connectivity index (χ4v) is 5.06. The summed E-state index contributed by atoms with van der Waals surface area (Å²) in [6.45, 7) is 23.9. The van der Waals surface area contributed by atoms with Gasteiger partial charge < -0.3 is 47.9 Å². The van der Waals surface area contributed by atoms with Crippen LogP contribution in [-0.4, -0.2) is 152 Å². The maximum Gasteiger partial charge on any atom is 0.232 e. The van der Waals surface area contributed by atoms with E-state index in [2.05, 4.69) is 5.32 Å². The molecule has 55 heavy (non-hydrogen) atoms. The summed E-state index contributed by atoms with van der Waals surface area (Å²) >= 11 is 0. The van der Waals surface area contributed by atoms with Gasteiger partial charge in [0.1, 0.15) is 6.10 Å². The van der Waals surface area contributed by atoms with Crippen LogP contribution >= 0.6 is 0 Å². The summed E-state index contributed by atoms with van der Waals surface area (Å²) in [6.07, 6.45) is 4.66. The molecule has 0 aromatic carbocycles. The fourth-order valence-electron chi connectivity index (χ4n) is 5.06. The lowest BCUT2D eigenvalue weighted by molar-refractivity contribution is -0.139. The first kappa shape index (κ1) is 53.2. The molecule has 14 heteroatoms. The molecular weight excluding hydrogens is 712 g/mol. The van der Waals surface area contributed by atoms with Crippen molar-refractivity contribution in [3.05, 3.63) is 0 Å². The van der Waals surface area contributed by atoms with Gasteiger partial charge in [-0.05, 0) is 80.1 Å². The lowest BCUT2D eigenvalue weighted by Gasteiger charge is -2.23. The summed E-state index contributed by atoms with van der Waals surface area (Å²) < 4.78 is 51.9. The number of imide groups is 1. The molecular formula is C41H80N2O12. The summed E-state index contributed by atoms with van der Waals surface area (Å²) in [5.74, 6) is -0.837. The number of hydrogen-bond acceptors (Lipinski definition) is 12. The third-order valence-corrected chi connectivity index (χ3v) is 9.40. The molecule has 3 amide bonds. The third kappa shape index (κ3) is 27.5. The Bertz CT molecular complexity index is 983. The molecule has 1 aliphatic heterocycles. The van der Waals surface area contributed by atoms with Crippen molar-refractivity contribution in [1.82, 2.24) is 10.2 Å². The molecule has 0 aromatic heterocycles. The van der Waals surface area contributed by atoms with Gasteiger partial charge in [0, 0.05) is 79.1 Å². The van der Waals surface area contributed by atoms with Crippen molar-refractivity contribution in [2.45, 2.75) is 143 Å². The zero-order valence-electron chi connectivity index (χ0n) is 36.5. The Hall–Kier alpha value is -1.75. The summed E-state index contributed by atoms with van der Waals surface area (Å²) in [5.41, 5.74) is -0.392. The predicted octanol–water partition coefficient (Wildman–Crippen LogP) is 5.37. The minimum Gasteiger partial charge on any atom is -0.379 e. The number of nitrogens with zero attached hydrogens (tertiary/aromatic N) is 1. The van der Waals surface area contributed by atoms with E-state index in [0.717, 1.165) is 25.7 Å². The van der Waals surface area contributed by atoms with Gasteiger partial charge in [0.25, 0.3) is 0 Å². The molecule has 0 bridgehead atoms. The number of nitrogens with one attached hydrogen (secondary N) is 1. The van der Waals surface area contributed by atoms with Crippen molar-refractivity contribution in [2.24, 2.45) is 5.92 Å². The number of carbonyl (C=O) groups excluding carboxylic acids is 3. The number of amides is 3. The van der Waals surface area contributed by atoms with Crippen molar-refractivity contribution >= 4 is 17.7 Å². The van der Waals surface area contributed by atoms with Crippen molar-refractivity contribution < 1.29 is 57.0 Å². The third-order valence-electron chi connectivity index (χ3n) is 9.40. The number of hydrogen-bond donors (Lipinski definition) is 1. The monoisotopic (exact) mass is 793 g/mol. The first-order chi connectivity index (χ1) is 26.2. The van der Waals surface area contributed by atoms with Crippen LogP contribution in [0.5, 0.6) is 0 Å². The minimum atomic E-state index is -0.299. The van der Waals surface area contributed by atoms with Gasteiger partial charge in [-0.25, -0.2) is 0 Å². The highest BCUT2D eigenvalue weighted by atomic mass is 16.6. The van der Waals surface area contributed by atoms with E-state index >= 15 is 0 Å². The van der Waals surface area contributed by atoms with Crippen LogP contribution in [0.3, 0.4) is 0 Å². The lowest BCUT2D eigenvalue weighted by Crippen LogP contribution is -2.35. The van der Waals surface area contributed by atoms with Gasteiger partial charge >= 0.3 is 0 Å². The smallest absolute Gasteiger partial charge is 0.232 e. The van der Waals surface area contributed by atoms with E-state index in [1.54, 1.807) is 14.2 Å². The van der Waals surface area contributed by atoms with E-state index in [1.807, 2.05) is 62.3 Å². The molecule has 0 saturated carbocycles. The molecule has 0 radical (unpaired) electrons. The Morgan fingerprint density at radius 3 is 1.76 bits per heavy atom. The summed E-state index contributed by atoms with van der Waals surface area (Å²) in [6, 6.07) is 0. The first-order valence-electron chi connectivity index (χ1n) is 20.6. The zero-order chi connectivity index (χ0) is 41.5. The Morgan fingerprint density at radius 1 is 0.745 bits per heavy atom. The van der Waals surface area contributed by atoms with Crippen LogP contribution in [0.25, 0.3) is 0 Å². The van der Waals surface area contributed by atoms with Crippen LogP contribution in [-0.2, 0) is 57.0 Å². The predicted molar refractivity (Wildman–Crippen MR) is 213 cm³/mol. The van der Waals surface area contributed by atoms with Gasteiger partial charge in [0.2, 0.25) is 17.7 Å². The second-order valence-corrected chi connectivity index (χ2v) is 14.9. The van der Waals surface area contributed by atoms with Crippen molar-refractivity contribution in [2.75, 3.05) is 100.0 Å². The number of ether oxygens (including phenoxy) is 9. The molecule has 0 aromatic rings. The zero-order valence-corrected chi connectivity index (χ0v) is 36.5. The number of methoxy groups -OCH3 is 2. The maximum atomic E-state index is 12.3. The molecule has 14 nitrogen and oxygen atoms in total. The molecule has 0 spiro atoms. The molecule has 4 atom stereocenters. The average molecular weight is 793 g/mol. The Balaban J connectivity index is 0.0000143. The van der Waals surface area contributed by atoms with E-state index in [9.17, 15) is 14.4 Å². The summed E-state index contributed by atoms with van der Waals surface area (Å²) in [4.78, 5) is 37.8. The quantitative estimate of drug-likeness (QED) is 0.0650. The van der Waals surface area contributed by atoms with E-state index in [1.165, 1.54) is 4.90 Å². The van der Waals surface area contributed by atoms with Crippen molar-refractivity contribution in [3.63, 3.8) is 0 Å². The molecule has 0 aliphatic carbocycles. The summed E-state index contributed by atoms with van der Waals surface area (Å²) in [5, 5.41) is 2.83. The largest absolute Gasteiger partial charge is 0.379 e. The molecule has 1 fully saturated rings. The molecule has 326 valence electrons. The van der Waals surface area contributed by atoms with Gasteiger partial charge in [-0.3, -0.25) is 19.3 Å². The molecule has 4 unspecified atom stereocenters. The Morgan fingerprint density at radius 2 is 1.25 bits per heavy atom. The minimum absolute atomic E-state index is 0.0844. The van der Waals surface area contributed by atoms with Gasteiger partial charge in [-0.1, -0.05) is 20.8 Å². The van der Waals surface area contributed by atoms with Gasteiger partial charge in [-0.2, -0.15) is 0 Å². The van der Waals surface area contributed by atoms with Crippen LogP contribution in [0, 0.1) is 5.92 Å². The highest BCUT2D eigenvalue weighted by molar-refractivity contribution is 6.03.